The van der Waals surface area contributed by atoms with Gasteiger partial charge in [0, 0.05) is 47.6 Å². The first-order chi connectivity index (χ1) is 47.0. The van der Waals surface area contributed by atoms with Gasteiger partial charge in [0.1, 0.15) is 56.0 Å². The number of hydrogen-bond acceptors (Lipinski definition) is 10. The Morgan fingerprint density at radius 3 is 0.916 bits per heavy atom. The smallest absolute Gasteiger partial charge is 0.156 e. The molecule has 0 spiro atoms. The van der Waals surface area contributed by atoms with E-state index in [1.165, 1.54) is 0 Å². The van der Waals surface area contributed by atoms with Crippen LogP contribution < -0.4 is 28.7 Å². The third kappa shape index (κ3) is 7.78. The van der Waals surface area contributed by atoms with Crippen LogP contribution in [0.4, 0.5) is 34.1 Å². The molecule has 4 aliphatic rings. The Kier molecular flexibility index (Phi) is 10.9. The molecule has 10 nitrogen and oxygen atoms in total. The van der Waals surface area contributed by atoms with E-state index in [0.717, 1.165) is 217 Å². The van der Waals surface area contributed by atoms with Crippen LogP contribution in [0.15, 0.2) is 295 Å². The Bertz CT molecular complexity index is 6370. The summed E-state index contributed by atoms with van der Waals surface area (Å²) >= 11 is 3.66. The van der Waals surface area contributed by atoms with E-state index >= 15 is 0 Å². The van der Waals surface area contributed by atoms with E-state index in [2.05, 4.69) is 159 Å². The number of ether oxygens (including phenoxy) is 4. The van der Waals surface area contributed by atoms with Crippen molar-refractivity contribution in [1.29, 1.82) is 0 Å². The SMILES string of the molecule is Brc1ccc2c(c1)Oc1cc(-c3cccc4oc5ccccc5c34)cc3c1N2c1ccc(-c2cccc4oc5ccccc5c24)cc1O3.c1ccc2c(c1)Oc1cc(-c3cccc4oc5ccccc5c34)cc3c1N2c1ccc(-c2cccc4oc5ccccc5c24)cc1O3. The number of para-hydroxylation sites is 6. The van der Waals surface area contributed by atoms with E-state index in [1.807, 2.05) is 140 Å². The van der Waals surface area contributed by atoms with Crippen molar-refractivity contribution < 1.29 is 36.6 Å². The summed E-state index contributed by atoms with van der Waals surface area (Å²) in [4.78, 5) is 4.52. The lowest BCUT2D eigenvalue weighted by Crippen LogP contribution is -2.20. The van der Waals surface area contributed by atoms with Gasteiger partial charge in [-0.1, -0.05) is 162 Å². The Balaban J connectivity index is 0.000000127. The van der Waals surface area contributed by atoms with Crippen LogP contribution in [0.1, 0.15) is 0 Å². The van der Waals surface area contributed by atoms with Crippen molar-refractivity contribution in [3.8, 4) is 90.5 Å². The molecule has 14 aromatic carbocycles. The topological polar surface area (TPSA) is 96.0 Å². The largest absolute Gasteiger partial charge is 0.456 e. The minimum Gasteiger partial charge on any atom is -0.456 e. The maximum Gasteiger partial charge on any atom is 0.156 e. The van der Waals surface area contributed by atoms with Crippen molar-refractivity contribution in [2.75, 3.05) is 9.80 Å². The second-order valence-corrected chi connectivity index (χ2v) is 25.2. The van der Waals surface area contributed by atoms with Crippen molar-refractivity contribution in [3.05, 3.63) is 277 Å². The molecule has 8 heterocycles. The molecule has 18 aromatic rings. The number of rotatable bonds is 4. The standard InChI is InChI=1S/C42H22BrNO4.C42H23NO4/c43-25-16-18-31-37(22-25)48-39-21-24(27-10-6-14-35-41(27)29-8-2-4-12-33(29)46-35)20-38-42(39)44(31)30-17-15-23(19-36(30)47-38)26-9-5-13-34-40(26)28-7-1-3-11-32(28)45-34;1-4-14-32-28(9-1)40-26(11-7-17-35(40)44-32)24-19-20-31-37(21-24)47-39-23-25(22-38-42(39)43(31)30-13-3-6-16-34(30)46-38)27-12-8-18-36-41(27)29-10-2-5-15-33(29)45-36/h1-22H;1-23H. The summed E-state index contributed by atoms with van der Waals surface area (Å²) in [5, 5.41) is 8.67. The minimum absolute atomic E-state index is 0.720. The van der Waals surface area contributed by atoms with E-state index in [-0.39, 0.29) is 0 Å². The number of fused-ring (bicyclic) bond motifs is 20. The summed E-state index contributed by atoms with van der Waals surface area (Å²) in [5.41, 5.74) is 20.8. The highest BCUT2D eigenvalue weighted by molar-refractivity contribution is 9.10. The van der Waals surface area contributed by atoms with Gasteiger partial charge in [-0.2, -0.15) is 0 Å². The second kappa shape index (κ2) is 19.8. The van der Waals surface area contributed by atoms with E-state index in [1.54, 1.807) is 0 Å². The number of halogens is 1. The van der Waals surface area contributed by atoms with Crippen molar-refractivity contribution in [2.24, 2.45) is 0 Å². The van der Waals surface area contributed by atoms with Crippen LogP contribution in [0.25, 0.3) is 132 Å². The summed E-state index contributed by atoms with van der Waals surface area (Å²) in [5.74, 6) is 6.00. The molecule has 0 unspecified atom stereocenters. The van der Waals surface area contributed by atoms with E-state index in [0.29, 0.717) is 0 Å². The third-order valence-electron chi connectivity index (χ3n) is 18.9. The zero-order valence-electron chi connectivity index (χ0n) is 50.0. The van der Waals surface area contributed by atoms with Crippen LogP contribution in [0.5, 0.6) is 46.0 Å². The van der Waals surface area contributed by atoms with Crippen molar-refractivity contribution in [2.45, 2.75) is 0 Å². The molecule has 0 saturated heterocycles. The zero-order valence-corrected chi connectivity index (χ0v) is 51.6. The number of anilines is 6. The van der Waals surface area contributed by atoms with Crippen LogP contribution in [0.3, 0.4) is 0 Å². The van der Waals surface area contributed by atoms with Gasteiger partial charge in [-0.15, -0.1) is 0 Å². The number of hydrogen-bond donors (Lipinski definition) is 0. The van der Waals surface area contributed by atoms with Gasteiger partial charge in [0.05, 0.1) is 22.7 Å². The molecule has 0 radical (unpaired) electrons. The molecule has 0 atom stereocenters. The molecule has 4 aliphatic heterocycles. The molecule has 0 bridgehead atoms. The Morgan fingerprint density at radius 1 is 0.221 bits per heavy atom. The fraction of sp³-hybridized carbons (Fsp3) is 0. The zero-order chi connectivity index (χ0) is 62.1. The summed E-state index contributed by atoms with van der Waals surface area (Å²) in [6.07, 6.45) is 0. The number of nitrogens with zero attached hydrogens (tertiary/aromatic N) is 2. The van der Waals surface area contributed by atoms with Crippen molar-refractivity contribution >= 4 is 138 Å². The van der Waals surface area contributed by atoms with Gasteiger partial charge in [-0.25, -0.2) is 0 Å². The first kappa shape index (κ1) is 52.2. The lowest BCUT2D eigenvalue weighted by Gasteiger charge is -2.38. The van der Waals surface area contributed by atoms with Crippen LogP contribution in [-0.2, 0) is 0 Å². The highest BCUT2D eigenvalue weighted by Crippen LogP contribution is 2.64. The summed E-state index contributed by atoms with van der Waals surface area (Å²) in [6, 6.07) is 93.2. The molecular weight excluding hydrogens is 1240 g/mol. The molecular formula is C84H45BrN2O8. The summed E-state index contributed by atoms with van der Waals surface area (Å²) in [6.45, 7) is 0. The van der Waals surface area contributed by atoms with Gasteiger partial charge in [0.15, 0.2) is 46.0 Å². The van der Waals surface area contributed by atoms with Gasteiger partial charge in [-0.05, 0) is 172 Å². The van der Waals surface area contributed by atoms with Gasteiger partial charge in [0.25, 0.3) is 0 Å². The van der Waals surface area contributed by atoms with Crippen LogP contribution in [0.2, 0.25) is 0 Å². The van der Waals surface area contributed by atoms with Gasteiger partial charge < -0.3 is 36.6 Å². The second-order valence-electron chi connectivity index (χ2n) is 24.3. The quantitative estimate of drug-likeness (QED) is 0.169. The normalized spacial score (nSPS) is 13.0. The first-order valence-electron chi connectivity index (χ1n) is 31.4. The molecule has 22 rings (SSSR count). The van der Waals surface area contributed by atoms with Gasteiger partial charge in [-0.3, -0.25) is 9.80 Å². The molecule has 0 N–H and O–H groups in total. The highest BCUT2D eigenvalue weighted by atomic mass is 79.9. The Morgan fingerprint density at radius 2 is 0.516 bits per heavy atom. The van der Waals surface area contributed by atoms with E-state index in [4.69, 9.17) is 36.6 Å². The van der Waals surface area contributed by atoms with Gasteiger partial charge >= 0.3 is 0 Å². The summed E-state index contributed by atoms with van der Waals surface area (Å²) in [7, 11) is 0. The molecule has 11 heteroatoms. The maximum absolute atomic E-state index is 6.87. The van der Waals surface area contributed by atoms with Crippen LogP contribution in [0, 0.1) is 0 Å². The first-order valence-corrected chi connectivity index (χ1v) is 32.2. The Hall–Kier alpha value is -12.4. The molecule has 4 aromatic heterocycles. The molecule has 95 heavy (non-hydrogen) atoms. The minimum atomic E-state index is 0.720. The lowest BCUT2D eigenvalue weighted by molar-refractivity contribution is 0.446. The molecule has 0 fully saturated rings. The predicted molar refractivity (Wildman–Crippen MR) is 381 cm³/mol. The summed E-state index contributed by atoms with van der Waals surface area (Å²) < 4.78 is 52.8. The fourth-order valence-corrected chi connectivity index (χ4v) is 15.2. The number of furan rings is 4. The maximum atomic E-state index is 6.87. The number of benzene rings is 14. The highest BCUT2D eigenvalue weighted by Gasteiger charge is 2.38. The van der Waals surface area contributed by atoms with Gasteiger partial charge in [0.2, 0.25) is 0 Å². The van der Waals surface area contributed by atoms with Crippen molar-refractivity contribution in [3.63, 3.8) is 0 Å². The average molecular weight is 1290 g/mol. The molecule has 446 valence electrons. The average Bonchev–Trinajstić information content (AvgIpc) is 1.56. The fourth-order valence-electron chi connectivity index (χ4n) is 14.9. The van der Waals surface area contributed by atoms with Crippen molar-refractivity contribution in [1.82, 2.24) is 0 Å². The third-order valence-corrected chi connectivity index (χ3v) is 19.4. The van der Waals surface area contributed by atoms with E-state index in [9.17, 15) is 0 Å². The molecule has 0 saturated carbocycles. The predicted octanol–water partition coefficient (Wildman–Crippen LogP) is 25.8. The van der Waals surface area contributed by atoms with Crippen LogP contribution in [-0.4, -0.2) is 0 Å². The Labute approximate surface area is 548 Å². The molecule has 0 amide bonds. The lowest BCUT2D eigenvalue weighted by atomic mass is 9.96. The monoisotopic (exact) mass is 1290 g/mol. The van der Waals surface area contributed by atoms with E-state index < -0.39 is 0 Å². The van der Waals surface area contributed by atoms with Crippen LogP contribution >= 0.6 is 15.9 Å². The molecule has 0 aliphatic carbocycles.